The molecular formula is C14H21N3O. The van der Waals surface area contributed by atoms with Crippen molar-refractivity contribution in [2.24, 2.45) is 5.92 Å². The molecule has 2 unspecified atom stereocenters. The number of amides is 1. The lowest BCUT2D eigenvalue weighted by atomic mass is 9.91. The Kier molecular flexibility index (Phi) is 3.55. The molecule has 4 heteroatoms. The normalized spacial score (nSPS) is 24.1. The molecule has 1 saturated heterocycles. The fourth-order valence-corrected chi connectivity index (χ4v) is 2.54. The number of likely N-dealkylation sites (tertiary alicyclic amines) is 1. The molecule has 0 spiro atoms. The Morgan fingerprint density at radius 2 is 2.22 bits per heavy atom. The number of rotatable bonds is 1. The number of hydrogen-bond donors (Lipinski definition) is 1. The Bertz CT molecular complexity index is 458. The number of nitrogens with two attached hydrogens (primary N) is 1. The molecule has 0 aromatic carbocycles. The molecule has 2 atom stereocenters. The molecule has 0 aliphatic carbocycles. The largest absolute Gasteiger partial charge is 0.398 e. The van der Waals surface area contributed by atoms with Gasteiger partial charge in [0.25, 0.3) is 5.91 Å². The van der Waals surface area contributed by atoms with E-state index in [1.165, 1.54) is 6.42 Å². The van der Waals surface area contributed by atoms with Crippen molar-refractivity contribution >= 4 is 11.6 Å². The maximum absolute atomic E-state index is 12.5. The first kappa shape index (κ1) is 12.9. The number of pyridine rings is 1. The molecule has 18 heavy (non-hydrogen) atoms. The third kappa shape index (κ3) is 2.33. The first-order valence-corrected chi connectivity index (χ1v) is 6.53. The summed E-state index contributed by atoms with van der Waals surface area (Å²) in [5, 5.41) is 0. The van der Waals surface area contributed by atoms with Crippen LogP contribution < -0.4 is 5.73 Å². The molecule has 1 aliphatic rings. The monoisotopic (exact) mass is 247 g/mol. The van der Waals surface area contributed by atoms with E-state index in [1.807, 2.05) is 11.8 Å². The van der Waals surface area contributed by atoms with Crippen molar-refractivity contribution in [3.8, 4) is 0 Å². The summed E-state index contributed by atoms with van der Waals surface area (Å²) in [6, 6.07) is 2.03. The topological polar surface area (TPSA) is 59.2 Å². The fourth-order valence-electron chi connectivity index (χ4n) is 2.54. The maximum Gasteiger partial charge on any atom is 0.257 e. The highest BCUT2D eigenvalue weighted by molar-refractivity contribution is 5.99. The lowest BCUT2D eigenvalue weighted by molar-refractivity contribution is 0.0551. The van der Waals surface area contributed by atoms with E-state index in [9.17, 15) is 4.79 Å². The highest BCUT2D eigenvalue weighted by atomic mass is 16.2. The van der Waals surface area contributed by atoms with Crippen LogP contribution in [0.25, 0.3) is 0 Å². The van der Waals surface area contributed by atoms with E-state index in [4.69, 9.17) is 5.73 Å². The van der Waals surface area contributed by atoms with Crippen LogP contribution in [0.3, 0.4) is 0 Å². The van der Waals surface area contributed by atoms with Crippen molar-refractivity contribution in [3.63, 3.8) is 0 Å². The molecule has 0 radical (unpaired) electrons. The van der Waals surface area contributed by atoms with E-state index in [0.29, 0.717) is 17.2 Å². The number of aromatic nitrogens is 1. The number of nitrogens with zero attached hydrogens (tertiary/aromatic N) is 2. The van der Waals surface area contributed by atoms with E-state index < -0.39 is 0 Å². The molecule has 2 rings (SSSR count). The Labute approximate surface area is 108 Å². The predicted molar refractivity (Wildman–Crippen MR) is 72.3 cm³/mol. The highest BCUT2D eigenvalue weighted by Gasteiger charge is 2.29. The number of carbonyl (C=O) groups is 1. The second-order valence-corrected chi connectivity index (χ2v) is 5.27. The molecule has 1 aliphatic heterocycles. The number of piperidine rings is 1. The average Bonchev–Trinajstić information content (AvgIpc) is 2.32. The van der Waals surface area contributed by atoms with Gasteiger partial charge in [-0.25, -0.2) is 0 Å². The molecule has 1 amide bonds. The molecule has 0 bridgehead atoms. The van der Waals surface area contributed by atoms with Crippen LogP contribution in [0.15, 0.2) is 12.3 Å². The lowest BCUT2D eigenvalue weighted by Gasteiger charge is -2.38. The maximum atomic E-state index is 12.5. The average molecular weight is 247 g/mol. The zero-order valence-corrected chi connectivity index (χ0v) is 11.3. The van der Waals surface area contributed by atoms with E-state index in [0.717, 1.165) is 18.7 Å². The van der Waals surface area contributed by atoms with Crippen molar-refractivity contribution in [2.45, 2.75) is 39.7 Å². The summed E-state index contributed by atoms with van der Waals surface area (Å²) < 4.78 is 0. The van der Waals surface area contributed by atoms with Gasteiger partial charge in [-0.2, -0.15) is 0 Å². The minimum Gasteiger partial charge on any atom is -0.398 e. The molecule has 1 aromatic rings. The van der Waals surface area contributed by atoms with Crippen LogP contribution in [0, 0.1) is 12.8 Å². The Morgan fingerprint density at radius 1 is 1.50 bits per heavy atom. The third-order valence-corrected chi connectivity index (χ3v) is 3.94. The first-order chi connectivity index (χ1) is 8.50. The van der Waals surface area contributed by atoms with Crippen molar-refractivity contribution in [1.29, 1.82) is 0 Å². The van der Waals surface area contributed by atoms with Crippen molar-refractivity contribution in [1.82, 2.24) is 9.88 Å². The standard InChI is InChI=1S/C14H21N3O/c1-9-5-4-6-17(11(9)3)14(18)12-8-16-10(2)7-13(12)15/h7-9,11H,4-6H2,1-3H3,(H2,15,16). The lowest BCUT2D eigenvalue weighted by Crippen LogP contribution is -2.46. The van der Waals surface area contributed by atoms with Gasteiger partial charge in [0.1, 0.15) is 0 Å². The first-order valence-electron chi connectivity index (χ1n) is 6.53. The van der Waals surface area contributed by atoms with E-state index >= 15 is 0 Å². The third-order valence-electron chi connectivity index (χ3n) is 3.94. The number of hydrogen-bond acceptors (Lipinski definition) is 3. The number of carbonyl (C=O) groups excluding carboxylic acids is 1. The van der Waals surface area contributed by atoms with Gasteiger partial charge in [-0.05, 0) is 38.7 Å². The van der Waals surface area contributed by atoms with Gasteiger partial charge >= 0.3 is 0 Å². The van der Waals surface area contributed by atoms with E-state index in [1.54, 1.807) is 12.3 Å². The zero-order valence-electron chi connectivity index (χ0n) is 11.3. The van der Waals surface area contributed by atoms with Gasteiger partial charge in [-0.1, -0.05) is 6.92 Å². The SMILES string of the molecule is Cc1cc(N)c(C(=O)N2CCCC(C)C2C)cn1. The zero-order chi connectivity index (χ0) is 13.3. The van der Waals surface area contributed by atoms with Crippen LogP contribution in [-0.2, 0) is 0 Å². The summed E-state index contributed by atoms with van der Waals surface area (Å²) in [6.45, 7) is 6.99. The van der Waals surface area contributed by atoms with Crippen molar-refractivity contribution in [2.75, 3.05) is 12.3 Å². The van der Waals surface area contributed by atoms with E-state index in [2.05, 4.69) is 18.8 Å². The van der Waals surface area contributed by atoms with Gasteiger partial charge in [0.2, 0.25) is 0 Å². The summed E-state index contributed by atoms with van der Waals surface area (Å²) in [7, 11) is 0. The molecule has 1 aromatic heterocycles. The van der Waals surface area contributed by atoms with Crippen molar-refractivity contribution in [3.05, 3.63) is 23.5 Å². The molecule has 4 nitrogen and oxygen atoms in total. The van der Waals surface area contributed by atoms with Crippen LogP contribution in [0.2, 0.25) is 0 Å². The Morgan fingerprint density at radius 3 is 2.89 bits per heavy atom. The molecule has 0 saturated carbocycles. The molecular weight excluding hydrogens is 226 g/mol. The summed E-state index contributed by atoms with van der Waals surface area (Å²) >= 11 is 0. The Balaban J connectivity index is 2.25. The number of anilines is 1. The van der Waals surface area contributed by atoms with Gasteiger partial charge in [0, 0.05) is 30.2 Å². The number of nitrogen functional groups attached to an aromatic ring is 1. The molecule has 2 N–H and O–H groups in total. The highest BCUT2D eigenvalue weighted by Crippen LogP contribution is 2.25. The van der Waals surface area contributed by atoms with Gasteiger partial charge < -0.3 is 10.6 Å². The van der Waals surface area contributed by atoms with Gasteiger partial charge in [-0.3, -0.25) is 9.78 Å². The van der Waals surface area contributed by atoms with Crippen LogP contribution in [0.4, 0.5) is 5.69 Å². The van der Waals surface area contributed by atoms with E-state index in [-0.39, 0.29) is 11.9 Å². The van der Waals surface area contributed by atoms with Gasteiger partial charge in [0.15, 0.2) is 0 Å². The summed E-state index contributed by atoms with van der Waals surface area (Å²) in [5.41, 5.74) is 7.81. The predicted octanol–water partition coefficient (Wildman–Crippen LogP) is 2.23. The fraction of sp³-hybridized carbons (Fsp3) is 0.571. The molecule has 2 heterocycles. The minimum atomic E-state index is 0.0130. The second-order valence-electron chi connectivity index (χ2n) is 5.27. The quantitative estimate of drug-likeness (QED) is 0.828. The minimum absolute atomic E-state index is 0.0130. The summed E-state index contributed by atoms with van der Waals surface area (Å²) in [4.78, 5) is 18.6. The number of aryl methyl sites for hydroxylation is 1. The van der Waals surface area contributed by atoms with Crippen LogP contribution in [0.1, 0.15) is 42.7 Å². The Hall–Kier alpha value is -1.58. The van der Waals surface area contributed by atoms with Crippen LogP contribution >= 0.6 is 0 Å². The summed E-state index contributed by atoms with van der Waals surface area (Å²) in [6.07, 6.45) is 3.85. The second kappa shape index (κ2) is 4.96. The van der Waals surface area contributed by atoms with Gasteiger partial charge in [0.05, 0.1) is 5.56 Å². The van der Waals surface area contributed by atoms with Crippen LogP contribution in [-0.4, -0.2) is 28.4 Å². The molecule has 1 fully saturated rings. The molecule has 98 valence electrons. The van der Waals surface area contributed by atoms with Gasteiger partial charge in [-0.15, -0.1) is 0 Å². The summed E-state index contributed by atoms with van der Waals surface area (Å²) in [5.74, 6) is 0.557. The smallest absolute Gasteiger partial charge is 0.257 e. The van der Waals surface area contributed by atoms with Crippen molar-refractivity contribution < 1.29 is 4.79 Å². The van der Waals surface area contributed by atoms with Crippen LogP contribution in [0.5, 0.6) is 0 Å².